The van der Waals surface area contributed by atoms with E-state index >= 15 is 0 Å². The molecule has 0 aliphatic carbocycles. The van der Waals surface area contributed by atoms with Crippen LogP contribution in [-0.2, 0) is 17.8 Å². The molecule has 2 aromatic rings. The minimum Gasteiger partial charge on any atom is -0.497 e. The smallest absolute Gasteiger partial charge is 0.224 e. The summed E-state index contributed by atoms with van der Waals surface area (Å²) in [7, 11) is 1.59. The summed E-state index contributed by atoms with van der Waals surface area (Å²) in [6.45, 7) is 0.167. The number of carbonyl (C=O) groups is 1. The number of carbonyl (C=O) groups excluding carboxylic acids is 1. The molecule has 1 amide bonds. The van der Waals surface area contributed by atoms with Crippen LogP contribution in [0.2, 0.25) is 0 Å². The highest BCUT2D eigenvalue weighted by Crippen LogP contribution is 2.15. The zero-order valence-corrected chi connectivity index (χ0v) is 13.1. The van der Waals surface area contributed by atoms with Crippen molar-refractivity contribution in [2.45, 2.75) is 13.0 Å². The highest BCUT2D eigenvalue weighted by atomic mass is 79.9. The van der Waals surface area contributed by atoms with Gasteiger partial charge < -0.3 is 10.1 Å². The van der Waals surface area contributed by atoms with Crippen LogP contribution in [0.3, 0.4) is 0 Å². The van der Waals surface area contributed by atoms with Crippen molar-refractivity contribution in [1.29, 1.82) is 0 Å². The fourth-order valence-corrected chi connectivity index (χ4v) is 2.27. The lowest BCUT2D eigenvalue weighted by molar-refractivity contribution is -0.120. The van der Waals surface area contributed by atoms with Crippen LogP contribution < -0.4 is 10.1 Å². The SMILES string of the molecule is COc1ccc(CC(=O)NCc2cc(Br)ccc2F)cc1. The first kappa shape index (κ1) is 15.5. The fraction of sp³-hybridized carbons (Fsp3) is 0.188. The summed E-state index contributed by atoms with van der Waals surface area (Å²) >= 11 is 3.28. The summed E-state index contributed by atoms with van der Waals surface area (Å²) in [4.78, 5) is 11.9. The molecule has 0 radical (unpaired) electrons. The molecule has 1 N–H and O–H groups in total. The van der Waals surface area contributed by atoms with Gasteiger partial charge in [0, 0.05) is 16.6 Å². The highest BCUT2D eigenvalue weighted by Gasteiger charge is 2.07. The van der Waals surface area contributed by atoms with Crippen molar-refractivity contribution >= 4 is 21.8 Å². The van der Waals surface area contributed by atoms with Gasteiger partial charge >= 0.3 is 0 Å². The summed E-state index contributed by atoms with van der Waals surface area (Å²) in [6, 6.07) is 11.9. The maximum Gasteiger partial charge on any atom is 0.224 e. The van der Waals surface area contributed by atoms with Crippen LogP contribution in [0.4, 0.5) is 4.39 Å². The zero-order valence-electron chi connectivity index (χ0n) is 11.5. The number of amides is 1. The van der Waals surface area contributed by atoms with E-state index in [1.165, 1.54) is 6.07 Å². The van der Waals surface area contributed by atoms with E-state index in [1.54, 1.807) is 31.4 Å². The van der Waals surface area contributed by atoms with E-state index in [1.807, 2.05) is 12.1 Å². The Bertz CT molecular complexity index is 629. The molecule has 0 aromatic heterocycles. The molecule has 0 bridgehead atoms. The first-order chi connectivity index (χ1) is 10.1. The maximum atomic E-state index is 13.5. The van der Waals surface area contributed by atoms with Crippen LogP contribution in [0.5, 0.6) is 5.75 Å². The predicted molar refractivity (Wildman–Crippen MR) is 82.6 cm³/mol. The predicted octanol–water partition coefficient (Wildman–Crippen LogP) is 3.46. The van der Waals surface area contributed by atoms with Crippen LogP contribution in [0, 0.1) is 5.82 Å². The molecule has 3 nitrogen and oxygen atoms in total. The second-order valence-electron chi connectivity index (χ2n) is 4.54. The quantitative estimate of drug-likeness (QED) is 0.895. The number of benzene rings is 2. The Morgan fingerprint density at radius 3 is 2.62 bits per heavy atom. The molecule has 110 valence electrons. The van der Waals surface area contributed by atoms with Crippen molar-refractivity contribution in [1.82, 2.24) is 5.32 Å². The molecular formula is C16H15BrFNO2. The van der Waals surface area contributed by atoms with Crippen LogP contribution in [-0.4, -0.2) is 13.0 Å². The number of ether oxygens (including phenoxy) is 1. The average Bonchev–Trinajstić information content (AvgIpc) is 2.49. The molecule has 0 spiro atoms. The lowest BCUT2D eigenvalue weighted by Gasteiger charge is -2.07. The summed E-state index contributed by atoms with van der Waals surface area (Å²) in [5, 5.41) is 2.71. The largest absolute Gasteiger partial charge is 0.497 e. The van der Waals surface area contributed by atoms with Crippen molar-refractivity contribution in [3.8, 4) is 5.75 Å². The molecule has 0 saturated heterocycles. The minimum absolute atomic E-state index is 0.153. The third-order valence-corrected chi connectivity index (χ3v) is 3.50. The Kier molecular flexibility index (Phi) is 5.33. The first-order valence-electron chi connectivity index (χ1n) is 6.42. The summed E-state index contributed by atoms with van der Waals surface area (Å²) in [6.07, 6.45) is 0.250. The molecular weight excluding hydrogens is 337 g/mol. The van der Waals surface area contributed by atoms with Crippen LogP contribution >= 0.6 is 15.9 Å². The lowest BCUT2D eigenvalue weighted by Crippen LogP contribution is -2.25. The highest BCUT2D eigenvalue weighted by molar-refractivity contribution is 9.10. The van der Waals surface area contributed by atoms with Gasteiger partial charge in [-0.25, -0.2) is 4.39 Å². The van der Waals surface area contributed by atoms with Gasteiger partial charge in [-0.2, -0.15) is 0 Å². The first-order valence-corrected chi connectivity index (χ1v) is 7.21. The Morgan fingerprint density at radius 2 is 1.95 bits per heavy atom. The zero-order chi connectivity index (χ0) is 15.2. The molecule has 0 atom stereocenters. The molecule has 0 fully saturated rings. The Labute approximate surface area is 131 Å². The standard InChI is InChI=1S/C16H15BrFNO2/c1-21-14-5-2-11(3-6-14)8-16(20)19-10-12-9-13(17)4-7-15(12)18/h2-7,9H,8,10H2,1H3,(H,19,20). The molecule has 21 heavy (non-hydrogen) atoms. The van der Waals surface area contributed by atoms with Crippen LogP contribution in [0.15, 0.2) is 46.9 Å². The van der Waals surface area contributed by atoms with E-state index in [0.717, 1.165) is 15.8 Å². The Morgan fingerprint density at radius 1 is 1.24 bits per heavy atom. The van der Waals surface area contributed by atoms with Gasteiger partial charge in [0.05, 0.1) is 13.5 Å². The van der Waals surface area contributed by atoms with Crippen LogP contribution in [0.1, 0.15) is 11.1 Å². The third-order valence-electron chi connectivity index (χ3n) is 3.01. The Balaban J connectivity index is 1.91. The van der Waals surface area contributed by atoms with Crippen LogP contribution in [0.25, 0.3) is 0 Å². The lowest BCUT2D eigenvalue weighted by atomic mass is 10.1. The second-order valence-corrected chi connectivity index (χ2v) is 5.45. The molecule has 5 heteroatoms. The van der Waals surface area contributed by atoms with Crippen molar-refractivity contribution in [2.24, 2.45) is 0 Å². The third kappa shape index (κ3) is 4.56. The van der Waals surface area contributed by atoms with E-state index in [-0.39, 0.29) is 24.7 Å². The van der Waals surface area contributed by atoms with Gasteiger partial charge in [-0.3, -0.25) is 4.79 Å². The number of hydrogen-bond donors (Lipinski definition) is 1. The number of methoxy groups -OCH3 is 1. The molecule has 2 rings (SSSR count). The average molecular weight is 352 g/mol. The molecule has 0 unspecified atom stereocenters. The van der Waals surface area contributed by atoms with Crippen molar-refractivity contribution in [3.63, 3.8) is 0 Å². The molecule has 0 aliphatic rings. The molecule has 0 heterocycles. The van der Waals surface area contributed by atoms with Gasteiger partial charge in [0.25, 0.3) is 0 Å². The molecule has 0 saturated carbocycles. The fourth-order valence-electron chi connectivity index (χ4n) is 1.86. The summed E-state index contributed by atoms with van der Waals surface area (Å²) < 4.78 is 19.4. The summed E-state index contributed by atoms with van der Waals surface area (Å²) in [5.74, 6) is 0.262. The topological polar surface area (TPSA) is 38.3 Å². The normalized spacial score (nSPS) is 10.2. The van der Waals surface area contributed by atoms with Gasteiger partial charge in [0.1, 0.15) is 11.6 Å². The van der Waals surface area contributed by atoms with Gasteiger partial charge in [0.15, 0.2) is 0 Å². The number of nitrogens with one attached hydrogen (secondary N) is 1. The summed E-state index contributed by atoms with van der Waals surface area (Å²) in [5.41, 5.74) is 1.33. The van der Waals surface area contributed by atoms with E-state index in [2.05, 4.69) is 21.2 Å². The second kappa shape index (κ2) is 7.22. The van der Waals surface area contributed by atoms with Gasteiger partial charge in [-0.05, 0) is 35.9 Å². The Hall–Kier alpha value is -1.88. The number of rotatable bonds is 5. The number of halogens is 2. The van der Waals surface area contributed by atoms with Crippen molar-refractivity contribution in [2.75, 3.05) is 7.11 Å². The van der Waals surface area contributed by atoms with Crippen molar-refractivity contribution in [3.05, 3.63) is 63.9 Å². The van der Waals surface area contributed by atoms with Gasteiger partial charge in [-0.1, -0.05) is 28.1 Å². The van der Waals surface area contributed by atoms with Gasteiger partial charge in [-0.15, -0.1) is 0 Å². The van der Waals surface area contributed by atoms with E-state index < -0.39 is 0 Å². The van der Waals surface area contributed by atoms with Crippen molar-refractivity contribution < 1.29 is 13.9 Å². The minimum atomic E-state index is -0.331. The monoisotopic (exact) mass is 351 g/mol. The van der Waals surface area contributed by atoms with Gasteiger partial charge in [0.2, 0.25) is 5.91 Å². The van der Waals surface area contributed by atoms with E-state index in [0.29, 0.717) is 5.56 Å². The number of hydrogen-bond acceptors (Lipinski definition) is 2. The maximum absolute atomic E-state index is 13.5. The van der Waals surface area contributed by atoms with E-state index in [9.17, 15) is 9.18 Å². The molecule has 0 aliphatic heterocycles. The molecule has 2 aromatic carbocycles. The van der Waals surface area contributed by atoms with E-state index in [4.69, 9.17) is 4.74 Å².